The molecule has 7 heteroatoms. The molecule has 0 saturated carbocycles. The zero-order valence-electron chi connectivity index (χ0n) is 16.1. The van der Waals surface area contributed by atoms with Crippen LogP contribution in [0, 0.1) is 5.92 Å². The summed E-state index contributed by atoms with van der Waals surface area (Å²) >= 11 is 1.63. The van der Waals surface area contributed by atoms with Crippen molar-refractivity contribution in [2.45, 2.75) is 24.3 Å². The van der Waals surface area contributed by atoms with Crippen LogP contribution in [0.4, 0.5) is 10.5 Å². The number of hydrogen-bond acceptors (Lipinski definition) is 6. The third kappa shape index (κ3) is 6.74. The van der Waals surface area contributed by atoms with Gasteiger partial charge in [-0.05, 0) is 60.6 Å². The van der Waals surface area contributed by atoms with Gasteiger partial charge in [0.1, 0.15) is 18.5 Å². The minimum atomic E-state index is -0.549. The van der Waals surface area contributed by atoms with E-state index in [9.17, 15) is 9.90 Å². The van der Waals surface area contributed by atoms with Crippen molar-refractivity contribution in [3.05, 3.63) is 54.1 Å². The number of carbonyl (C=O) groups is 1. The number of ether oxygens (including phenoxy) is 2. The van der Waals surface area contributed by atoms with Crippen molar-refractivity contribution in [3.63, 3.8) is 0 Å². The number of nitrogens with one attached hydrogen (secondary N) is 1. The smallest absolute Gasteiger partial charge is 0.412 e. The quantitative estimate of drug-likeness (QED) is 0.516. The number of carbonyl (C=O) groups excluding carboxylic acids is 1. The van der Waals surface area contributed by atoms with Gasteiger partial charge in [0.2, 0.25) is 0 Å². The van der Waals surface area contributed by atoms with E-state index >= 15 is 0 Å². The molecule has 2 atom stereocenters. The summed E-state index contributed by atoms with van der Waals surface area (Å²) in [5.41, 5.74) is 1.47. The molecule has 0 bridgehead atoms. The van der Waals surface area contributed by atoms with Crippen LogP contribution in [-0.4, -0.2) is 42.4 Å². The molecule has 0 saturated heterocycles. The van der Waals surface area contributed by atoms with E-state index in [1.165, 1.54) is 0 Å². The van der Waals surface area contributed by atoms with Gasteiger partial charge in [0.15, 0.2) is 0 Å². The molecule has 1 amide bonds. The van der Waals surface area contributed by atoms with Crippen LogP contribution in [0.3, 0.4) is 0 Å². The third-order valence-electron chi connectivity index (χ3n) is 4.24. The van der Waals surface area contributed by atoms with Crippen molar-refractivity contribution in [3.8, 4) is 5.75 Å². The fourth-order valence-corrected chi connectivity index (χ4v) is 3.13. The van der Waals surface area contributed by atoms with Crippen LogP contribution in [0.15, 0.2) is 53.4 Å². The highest BCUT2D eigenvalue weighted by Crippen LogP contribution is 2.30. The SMILES string of the molecule is CSc1ccc(NC(=O)O[C@@H](c2ccc(OCCO)cc2)[C@H](C)CCO)cc1. The first-order valence-electron chi connectivity index (χ1n) is 9.13. The topological polar surface area (TPSA) is 88.0 Å². The molecule has 0 aromatic heterocycles. The number of thioether (sulfide) groups is 1. The standard InChI is InChI=1S/C21H27NO5S/c1-15(11-12-23)20(16-3-7-18(8-4-16)26-14-13-24)27-21(25)22-17-5-9-19(28-2)10-6-17/h3-10,15,20,23-24H,11-14H2,1-2H3,(H,22,25)/t15-,20-/m1/s1. The van der Waals surface area contributed by atoms with Crippen LogP contribution in [0.2, 0.25) is 0 Å². The second kappa shape index (κ2) is 11.6. The monoisotopic (exact) mass is 405 g/mol. The number of anilines is 1. The second-order valence-corrected chi connectivity index (χ2v) is 7.19. The van der Waals surface area contributed by atoms with Gasteiger partial charge in [-0.1, -0.05) is 19.1 Å². The average Bonchev–Trinajstić information content (AvgIpc) is 2.71. The Morgan fingerprint density at radius 1 is 1.07 bits per heavy atom. The lowest BCUT2D eigenvalue weighted by atomic mass is 9.94. The van der Waals surface area contributed by atoms with Gasteiger partial charge in [-0.15, -0.1) is 11.8 Å². The Kier molecular flexibility index (Phi) is 9.13. The van der Waals surface area contributed by atoms with Crippen LogP contribution >= 0.6 is 11.8 Å². The van der Waals surface area contributed by atoms with Crippen molar-refractivity contribution in [1.29, 1.82) is 0 Å². The molecule has 2 rings (SSSR count). The highest BCUT2D eigenvalue weighted by atomic mass is 32.2. The van der Waals surface area contributed by atoms with E-state index in [1.807, 2.05) is 49.6 Å². The second-order valence-electron chi connectivity index (χ2n) is 6.31. The third-order valence-corrected chi connectivity index (χ3v) is 4.98. The summed E-state index contributed by atoms with van der Waals surface area (Å²) in [6.45, 7) is 2.10. The van der Waals surface area contributed by atoms with Crippen molar-refractivity contribution in [1.82, 2.24) is 0 Å². The predicted octanol–water partition coefficient (Wildman–Crippen LogP) is 4.09. The Balaban J connectivity index is 2.07. The number of rotatable bonds is 10. The fraction of sp³-hybridized carbons (Fsp3) is 0.381. The van der Waals surface area contributed by atoms with Crippen molar-refractivity contribution in [2.75, 3.05) is 31.4 Å². The molecule has 0 aliphatic heterocycles. The maximum absolute atomic E-state index is 12.4. The maximum atomic E-state index is 12.4. The van der Waals surface area contributed by atoms with E-state index in [0.717, 1.165) is 10.5 Å². The summed E-state index contributed by atoms with van der Waals surface area (Å²) in [7, 11) is 0. The first-order chi connectivity index (χ1) is 13.6. The Bertz CT molecular complexity index is 721. The van der Waals surface area contributed by atoms with Crippen LogP contribution in [0.5, 0.6) is 5.75 Å². The molecule has 0 unspecified atom stereocenters. The van der Waals surface area contributed by atoms with Crippen molar-refractivity contribution < 1.29 is 24.5 Å². The number of hydrogen-bond donors (Lipinski definition) is 3. The lowest BCUT2D eigenvalue weighted by Gasteiger charge is -2.24. The molecule has 2 aromatic rings. The van der Waals surface area contributed by atoms with Gasteiger partial charge in [-0.2, -0.15) is 0 Å². The fourth-order valence-electron chi connectivity index (χ4n) is 2.72. The van der Waals surface area contributed by atoms with E-state index in [-0.39, 0.29) is 25.7 Å². The first-order valence-corrected chi connectivity index (χ1v) is 10.4. The summed E-state index contributed by atoms with van der Waals surface area (Å²) in [4.78, 5) is 13.5. The van der Waals surface area contributed by atoms with Crippen molar-refractivity contribution in [2.24, 2.45) is 5.92 Å². The molecule has 0 heterocycles. The summed E-state index contributed by atoms with van der Waals surface area (Å²) in [5.74, 6) is 0.559. The predicted molar refractivity (Wildman–Crippen MR) is 111 cm³/mol. The molecule has 2 aromatic carbocycles. The van der Waals surface area contributed by atoms with E-state index in [0.29, 0.717) is 17.9 Å². The van der Waals surface area contributed by atoms with Gasteiger partial charge in [0, 0.05) is 17.2 Å². The molecule has 0 fully saturated rings. The Morgan fingerprint density at radius 3 is 2.32 bits per heavy atom. The molecular formula is C21H27NO5S. The number of aliphatic hydroxyl groups is 2. The molecule has 0 aliphatic rings. The van der Waals surface area contributed by atoms with Crippen LogP contribution in [-0.2, 0) is 4.74 Å². The van der Waals surface area contributed by atoms with Crippen molar-refractivity contribution >= 4 is 23.5 Å². The lowest BCUT2D eigenvalue weighted by molar-refractivity contribution is 0.0667. The zero-order chi connectivity index (χ0) is 20.4. The van der Waals surface area contributed by atoms with Gasteiger partial charge in [0.05, 0.1) is 6.61 Å². The lowest BCUT2D eigenvalue weighted by Crippen LogP contribution is -2.22. The molecule has 0 aliphatic carbocycles. The average molecular weight is 406 g/mol. The van der Waals surface area contributed by atoms with E-state index in [2.05, 4.69) is 5.32 Å². The van der Waals surface area contributed by atoms with E-state index in [1.54, 1.807) is 23.9 Å². The van der Waals surface area contributed by atoms with Gasteiger partial charge >= 0.3 is 6.09 Å². The molecule has 6 nitrogen and oxygen atoms in total. The molecule has 0 radical (unpaired) electrons. The first kappa shape index (κ1) is 22.1. The number of amides is 1. The Hall–Kier alpha value is -2.22. The molecule has 152 valence electrons. The van der Waals surface area contributed by atoms with Gasteiger partial charge in [0.25, 0.3) is 0 Å². The molecule has 0 spiro atoms. The summed E-state index contributed by atoms with van der Waals surface area (Å²) < 4.78 is 11.1. The van der Waals surface area contributed by atoms with Crippen LogP contribution in [0.1, 0.15) is 25.0 Å². The number of benzene rings is 2. The highest BCUT2D eigenvalue weighted by Gasteiger charge is 2.23. The minimum absolute atomic E-state index is 0.0104. The molecular weight excluding hydrogens is 378 g/mol. The Labute approximate surface area is 169 Å². The van der Waals surface area contributed by atoms with Gasteiger partial charge in [-0.25, -0.2) is 4.79 Å². The normalized spacial score (nSPS) is 12.9. The Morgan fingerprint density at radius 2 is 1.75 bits per heavy atom. The largest absolute Gasteiger partial charge is 0.491 e. The van der Waals surface area contributed by atoms with E-state index in [4.69, 9.17) is 14.6 Å². The van der Waals surface area contributed by atoms with Crippen LogP contribution < -0.4 is 10.1 Å². The zero-order valence-corrected chi connectivity index (χ0v) is 16.9. The van der Waals surface area contributed by atoms with Gasteiger partial charge < -0.3 is 19.7 Å². The van der Waals surface area contributed by atoms with Gasteiger partial charge in [-0.3, -0.25) is 5.32 Å². The summed E-state index contributed by atoms with van der Waals surface area (Å²) in [6, 6.07) is 14.7. The highest BCUT2D eigenvalue weighted by molar-refractivity contribution is 7.98. The van der Waals surface area contributed by atoms with E-state index < -0.39 is 12.2 Å². The van der Waals surface area contributed by atoms with Crippen LogP contribution in [0.25, 0.3) is 0 Å². The minimum Gasteiger partial charge on any atom is -0.491 e. The summed E-state index contributed by atoms with van der Waals surface area (Å²) in [5, 5.41) is 20.9. The summed E-state index contributed by atoms with van der Waals surface area (Å²) in [6.07, 6.45) is 1.43. The molecule has 3 N–H and O–H groups in total. The molecule has 28 heavy (non-hydrogen) atoms. The maximum Gasteiger partial charge on any atom is 0.412 e. The number of aliphatic hydroxyl groups excluding tert-OH is 2.